The van der Waals surface area contributed by atoms with Gasteiger partial charge in [-0.1, -0.05) is 31.9 Å². The summed E-state index contributed by atoms with van der Waals surface area (Å²) in [5, 5.41) is 0. The zero-order valence-electron chi connectivity index (χ0n) is 10.6. The molecular formula is C15H13Br2NO. The third-order valence-electron chi connectivity index (χ3n) is 2.99. The lowest BCUT2D eigenvalue weighted by Crippen LogP contribution is -2.06. The van der Waals surface area contributed by atoms with Crippen LogP contribution in [0.1, 0.15) is 27.0 Å². The number of ketones is 1. The lowest BCUT2D eigenvalue weighted by atomic mass is 9.97. The highest BCUT2D eigenvalue weighted by Crippen LogP contribution is 2.27. The van der Waals surface area contributed by atoms with E-state index in [4.69, 9.17) is 5.73 Å². The summed E-state index contributed by atoms with van der Waals surface area (Å²) < 4.78 is 1.76. The average molecular weight is 383 g/mol. The van der Waals surface area contributed by atoms with Gasteiger partial charge >= 0.3 is 0 Å². The van der Waals surface area contributed by atoms with Crippen molar-refractivity contribution in [1.82, 2.24) is 0 Å². The summed E-state index contributed by atoms with van der Waals surface area (Å²) in [6, 6.07) is 9.12. The molecule has 0 amide bonds. The van der Waals surface area contributed by atoms with Crippen LogP contribution >= 0.6 is 31.9 Å². The van der Waals surface area contributed by atoms with Gasteiger partial charge in [0.15, 0.2) is 5.78 Å². The number of carbonyl (C=O) groups is 1. The van der Waals surface area contributed by atoms with Crippen LogP contribution in [0.25, 0.3) is 0 Å². The van der Waals surface area contributed by atoms with Gasteiger partial charge in [-0.2, -0.15) is 0 Å². The van der Waals surface area contributed by atoms with E-state index < -0.39 is 0 Å². The van der Waals surface area contributed by atoms with E-state index in [0.29, 0.717) is 16.8 Å². The van der Waals surface area contributed by atoms with Gasteiger partial charge in [0, 0.05) is 25.8 Å². The minimum atomic E-state index is -0.0210. The zero-order chi connectivity index (χ0) is 14.2. The van der Waals surface area contributed by atoms with E-state index in [-0.39, 0.29) is 5.78 Å². The summed E-state index contributed by atoms with van der Waals surface area (Å²) in [4.78, 5) is 12.6. The Morgan fingerprint density at radius 2 is 1.63 bits per heavy atom. The van der Waals surface area contributed by atoms with Crippen LogP contribution in [0.15, 0.2) is 39.3 Å². The Kier molecular flexibility index (Phi) is 4.11. The van der Waals surface area contributed by atoms with Gasteiger partial charge in [0.1, 0.15) is 0 Å². The van der Waals surface area contributed by atoms with Crippen molar-refractivity contribution in [3.63, 3.8) is 0 Å². The molecule has 2 aromatic rings. The molecule has 0 aromatic heterocycles. The predicted octanol–water partition coefficient (Wildman–Crippen LogP) is 4.64. The van der Waals surface area contributed by atoms with Crippen molar-refractivity contribution in [2.75, 3.05) is 5.73 Å². The maximum Gasteiger partial charge on any atom is 0.194 e. The van der Waals surface area contributed by atoms with Crippen molar-refractivity contribution in [2.45, 2.75) is 13.8 Å². The lowest BCUT2D eigenvalue weighted by molar-refractivity contribution is 0.103. The molecule has 0 atom stereocenters. The van der Waals surface area contributed by atoms with E-state index in [9.17, 15) is 4.79 Å². The number of benzene rings is 2. The van der Waals surface area contributed by atoms with Gasteiger partial charge in [-0.15, -0.1) is 0 Å². The van der Waals surface area contributed by atoms with E-state index in [1.807, 2.05) is 26.0 Å². The Balaban J connectivity index is 2.56. The molecule has 0 aliphatic rings. The molecule has 2 nitrogen and oxygen atoms in total. The molecule has 0 fully saturated rings. The number of rotatable bonds is 2. The fourth-order valence-electron chi connectivity index (χ4n) is 1.89. The Hall–Kier alpha value is -1.13. The van der Waals surface area contributed by atoms with Gasteiger partial charge in [0.25, 0.3) is 0 Å². The Morgan fingerprint density at radius 3 is 2.32 bits per heavy atom. The van der Waals surface area contributed by atoms with Crippen molar-refractivity contribution in [3.8, 4) is 0 Å². The fraction of sp³-hybridized carbons (Fsp3) is 0.133. The van der Waals surface area contributed by atoms with Gasteiger partial charge in [-0.05, 0) is 55.3 Å². The largest absolute Gasteiger partial charge is 0.399 e. The summed E-state index contributed by atoms with van der Waals surface area (Å²) in [7, 11) is 0. The number of halogens is 2. The van der Waals surface area contributed by atoms with E-state index in [2.05, 4.69) is 31.9 Å². The number of nitrogen functional groups attached to an aromatic ring is 1. The van der Waals surface area contributed by atoms with Gasteiger partial charge < -0.3 is 5.73 Å². The smallest absolute Gasteiger partial charge is 0.194 e. The van der Waals surface area contributed by atoms with Crippen molar-refractivity contribution in [1.29, 1.82) is 0 Å². The van der Waals surface area contributed by atoms with Crippen LogP contribution in [0.2, 0.25) is 0 Å². The van der Waals surface area contributed by atoms with E-state index in [0.717, 1.165) is 20.1 Å². The molecule has 0 spiro atoms. The van der Waals surface area contributed by atoms with E-state index in [1.165, 1.54) is 0 Å². The molecular weight excluding hydrogens is 370 g/mol. The number of carbonyl (C=O) groups excluding carboxylic acids is 1. The first kappa shape index (κ1) is 14.3. The second kappa shape index (κ2) is 5.47. The fourth-order valence-corrected chi connectivity index (χ4v) is 2.77. The molecule has 2 N–H and O–H groups in total. The van der Waals surface area contributed by atoms with Crippen LogP contribution in [0.3, 0.4) is 0 Å². The van der Waals surface area contributed by atoms with Gasteiger partial charge in [-0.25, -0.2) is 0 Å². The molecule has 0 radical (unpaired) electrons. The number of hydrogen-bond acceptors (Lipinski definition) is 2. The molecule has 0 bridgehead atoms. The summed E-state index contributed by atoms with van der Waals surface area (Å²) in [5.41, 5.74) is 9.60. The Labute approximate surface area is 129 Å². The van der Waals surface area contributed by atoms with Crippen LogP contribution < -0.4 is 5.73 Å². The number of nitrogens with two attached hydrogens (primary N) is 1. The SMILES string of the molecule is Cc1cc(C(=O)c2cc(N)ccc2Br)c(C)cc1Br. The highest BCUT2D eigenvalue weighted by Gasteiger charge is 2.16. The molecule has 0 aliphatic heterocycles. The predicted molar refractivity (Wildman–Crippen MR) is 85.6 cm³/mol. The standard InChI is InChI=1S/C15H13Br2NO/c1-8-6-14(17)9(2)5-11(8)15(19)12-7-10(18)3-4-13(12)16/h3-7H,18H2,1-2H3. The van der Waals surface area contributed by atoms with Crippen LogP contribution in [-0.4, -0.2) is 5.78 Å². The minimum Gasteiger partial charge on any atom is -0.399 e. The van der Waals surface area contributed by atoms with Crippen molar-refractivity contribution >= 4 is 43.3 Å². The highest BCUT2D eigenvalue weighted by atomic mass is 79.9. The first-order chi connectivity index (χ1) is 8.90. The normalized spacial score (nSPS) is 10.5. The first-order valence-corrected chi connectivity index (χ1v) is 7.35. The summed E-state index contributed by atoms with van der Waals surface area (Å²) in [6.45, 7) is 3.90. The number of anilines is 1. The van der Waals surface area contributed by atoms with Crippen LogP contribution in [0.4, 0.5) is 5.69 Å². The Bertz CT molecular complexity index is 665. The highest BCUT2D eigenvalue weighted by molar-refractivity contribution is 9.10. The molecule has 0 aliphatic carbocycles. The molecule has 4 heteroatoms. The Morgan fingerprint density at radius 1 is 0.947 bits per heavy atom. The number of hydrogen-bond donors (Lipinski definition) is 1. The van der Waals surface area contributed by atoms with Crippen molar-refractivity contribution < 1.29 is 4.79 Å². The summed E-state index contributed by atoms with van der Waals surface area (Å²) >= 11 is 6.87. The molecule has 2 aromatic carbocycles. The third kappa shape index (κ3) is 2.90. The molecule has 2 rings (SSSR count). The molecule has 0 saturated heterocycles. The lowest BCUT2D eigenvalue weighted by Gasteiger charge is -2.10. The minimum absolute atomic E-state index is 0.0210. The molecule has 0 unspecified atom stereocenters. The van der Waals surface area contributed by atoms with Crippen LogP contribution in [-0.2, 0) is 0 Å². The second-order valence-corrected chi connectivity index (χ2v) is 6.19. The van der Waals surface area contributed by atoms with E-state index in [1.54, 1.807) is 18.2 Å². The first-order valence-electron chi connectivity index (χ1n) is 5.76. The topological polar surface area (TPSA) is 43.1 Å². The number of aryl methyl sites for hydroxylation is 2. The summed E-state index contributed by atoms with van der Waals surface area (Å²) in [6.07, 6.45) is 0. The maximum atomic E-state index is 12.6. The van der Waals surface area contributed by atoms with Crippen molar-refractivity contribution in [3.05, 3.63) is 61.5 Å². The average Bonchev–Trinajstić information content (AvgIpc) is 2.36. The maximum absolute atomic E-state index is 12.6. The molecule has 0 heterocycles. The molecule has 0 saturated carbocycles. The van der Waals surface area contributed by atoms with Crippen LogP contribution in [0.5, 0.6) is 0 Å². The van der Waals surface area contributed by atoms with E-state index >= 15 is 0 Å². The quantitative estimate of drug-likeness (QED) is 0.607. The molecule has 98 valence electrons. The second-order valence-electron chi connectivity index (χ2n) is 4.48. The zero-order valence-corrected chi connectivity index (χ0v) is 13.8. The monoisotopic (exact) mass is 381 g/mol. The molecule has 19 heavy (non-hydrogen) atoms. The van der Waals surface area contributed by atoms with Gasteiger partial charge in [0.2, 0.25) is 0 Å². The van der Waals surface area contributed by atoms with Crippen molar-refractivity contribution in [2.24, 2.45) is 0 Å². The third-order valence-corrected chi connectivity index (χ3v) is 4.53. The van der Waals surface area contributed by atoms with Crippen LogP contribution in [0, 0.1) is 13.8 Å². The van der Waals surface area contributed by atoms with Gasteiger partial charge in [-0.3, -0.25) is 4.79 Å². The summed E-state index contributed by atoms with van der Waals surface area (Å²) in [5.74, 6) is -0.0210. The van der Waals surface area contributed by atoms with Gasteiger partial charge in [0.05, 0.1) is 0 Å².